The Morgan fingerprint density at radius 2 is 2.00 bits per heavy atom. The van der Waals surface area contributed by atoms with Crippen molar-refractivity contribution in [1.82, 2.24) is 15.1 Å². The molecule has 3 aromatic rings. The van der Waals surface area contributed by atoms with E-state index in [2.05, 4.69) is 10.2 Å². The number of hydrogen-bond acceptors (Lipinski definition) is 5. The highest BCUT2D eigenvalue weighted by Gasteiger charge is 2.42. The number of rotatable bonds is 6. The smallest absolute Gasteiger partial charge is 0.273 e. The molecule has 2 aromatic carbocycles. The number of amides is 1. The van der Waals surface area contributed by atoms with Crippen LogP contribution in [-0.4, -0.2) is 51.5 Å². The van der Waals surface area contributed by atoms with E-state index in [1.807, 2.05) is 24.3 Å². The number of aromatic nitrogens is 2. The number of aliphatic hydroxyl groups is 1. The molecule has 4 rings (SSSR count). The molecule has 7 nitrogen and oxygen atoms in total. The fourth-order valence-corrected chi connectivity index (χ4v) is 4.03. The number of aromatic amines is 1. The largest absolute Gasteiger partial charge is 0.507 e. The summed E-state index contributed by atoms with van der Waals surface area (Å²) < 4.78 is 5.25. The molecule has 1 aliphatic heterocycles. The van der Waals surface area contributed by atoms with Crippen LogP contribution >= 0.6 is 11.6 Å². The SMILES string of the molecule is COc1ccc(C2c3c(-c4cc(Cl)c(C)cc4O)n[nH]c3C(=O)N2CCCO)cc1. The Labute approximate surface area is 178 Å². The summed E-state index contributed by atoms with van der Waals surface area (Å²) in [6, 6.07) is 10.3. The van der Waals surface area contributed by atoms with E-state index in [1.54, 1.807) is 31.1 Å². The molecule has 0 fully saturated rings. The van der Waals surface area contributed by atoms with Gasteiger partial charge in [-0.05, 0) is 48.7 Å². The van der Waals surface area contributed by atoms with Gasteiger partial charge in [-0.25, -0.2) is 0 Å². The normalized spacial score (nSPS) is 15.5. The van der Waals surface area contributed by atoms with Gasteiger partial charge in [0, 0.05) is 29.3 Å². The van der Waals surface area contributed by atoms with E-state index in [9.17, 15) is 15.0 Å². The minimum Gasteiger partial charge on any atom is -0.507 e. The molecule has 2 heterocycles. The number of halogens is 1. The first-order valence-electron chi connectivity index (χ1n) is 9.59. The van der Waals surface area contributed by atoms with Gasteiger partial charge >= 0.3 is 0 Å². The van der Waals surface area contributed by atoms with Crippen LogP contribution < -0.4 is 4.74 Å². The number of ether oxygens (including phenoxy) is 1. The Hall–Kier alpha value is -3.03. The second kappa shape index (κ2) is 8.01. The molecule has 0 saturated heterocycles. The predicted octanol–water partition coefficient (Wildman–Crippen LogP) is 3.68. The molecule has 0 aliphatic carbocycles. The number of nitrogens with zero attached hydrogens (tertiary/aromatic N) is 2. The van der Waals surface area contributed by atoms with E-state index in [0.717, 1.165) is 11.1 Å². The minimum absolute atomic E-state index is 0.0213. The molecule has 0 spiro atoms. The number of hydrogen-bond donors (Lipinski definition) is 3. The average Bonchev–Trinajstić information content (AvgIpc) is 3.28. The third kappa shape index (κ3) is 3.30. The standard InChI is InChI=1S/C22H22ClN3O4/c1-12-10-17(28)15(11-16(12)23)19-18-20(25-24-19)22(29)26(8-3-9-27)21(18)13-4-6-14(30-2)7-5-13/h4-7,10-11,21,27-28H,3,8-9H2,1-2H3,(H,24,25). The monoisotopic (exact) mass is 427 g/mol. The van der Waals surface area contributed by atoms with Crippen molar-refractivity contribution in [3.8, 4) is 22.8 Å². The summed E-state index contributed by atoms with van der Waals surface area (Å²) in [4.78, 5) is 14.8. The number of aromatic hydroxyl groups is 1. The predicted molar refractivity (Wildman–Crippen MR) is 113 cm³/mol. The first-order valence-corrected chi connectivity index (χ1v) is 9.97. The molecule has 0 bridgehead atoms. The number of phenolic OH excluding ortho intramolecular Hbond substituents is 1. The van der Waals surface area contributed by atoms with Crippen LogP contribution in [0.25, 0.3) is 11.3 Å². The average molecular weight is 428 g/mol. The molecule has 1 aliphatic rings. The number of H-pyrrole nitrogens is 1. The molecule has 8 heteroatoms. The lowest BCUT2D eigenvalue weighted by Gasteiger charge is -2.26. The number of carbonyl (C=O) groups excluding carboxylic acids is 1. The highest BCUT2D eigenvalue weighted by Crippen LogP contribution is 2.45. The zero-order valence-corrected chi connectivity index (χ0v) is 17.4. The molecule has 0 radical (unpaired) electrons. The van der Waals surface area contributed by atoms with Gasteiger partial charge in [-0.3, -0.25) is 9.89 Å². The van der Waals surface area contributed by atoms with Crippen LogP contribution in [0.4, 0.5) is 0 Å². The summed E-state index contributed by atoms with van der Waals surface area (Å²) in [7, 11) is 1.60. The summed E-state index contributed by atoms with van der Waals surface area (Å²) in [6.45, 7) is 2.17. The molecular formula is C22H22ClN3O4. The maximum atomic E-state index is 13.1. The number of nitrogens with one attached hydrogen (secondary N) is 1. The van der Waals surface area contributed by atoms with Crippen molar-refractivity contribution >= 4 is 17.5 Å². The van der Waals surface area contributed by atoms with Crippen molar-refractivity contribution < 1.29 is 19.7 Å². The van der Waals surface area contributed by atoms with Gasteiger partial charge in [-0.15, -0.1) is 0 Å². The lowest BCUT2D eigenvalue weighted by molar-refractivity contribution is 0.0732. The van der Waals surface area contributed by atoms with Crippen LogP contribution in [-0.2, 0) is 0 Å². The Bertz CT molecular complexity index is 1090. The Morgan fingerprint density at radius 1 is 1.27 bits per heavy atom. The van der Waals surface area contributed by atoms with Gasteiger partial charge in [0.25, 0.3) is 5.91 Å². The Morgan fingerprint density at radius 3 is 2.67 bits per heavy atom. The molecular weight excluding hydrogens is 406 g/mol. The van der Waals surface area contributed by atoms with Crippen molar-refractivity contribution in [2.24, 2.45) is 0 Å². The third-order valence-electron chi connectivity index (χ3n) is 5.38. The van der Waals surface area contributed by atoms with Gasteiger partial charge in [0.15, 0.2) is 0 Å². The van der Waals surface area contributed by atoms with Gasteiger partial charge in [0.1, 0.15) is 22.9 Å². The van der Waals surface area contributed by atoms with E-state index in [-0.39, 0.29) is 18.3 Å². The molecule has 3 N–H and O–H groups in total. The third-order valence-corrected chi connectivity index (χ3v) is 5.79. The quantitative estimate of drug-likeness (QED) is 0.557. The van der Waals surface area contributed by atoms with E-state index in [0.29, 0.717) is 46.3 Å². The van der Waals surface area contributed by atoms with Crippen LogP contribution in [0.15, 0.2) is 36.4 Å². The first-order chi connectivity index (χ1) is 14.5. The van der Waals surface area contributed by atoms with Crippen LogP contribution in [0, 0.1) is 6.92 Å². The van der Waals surface area contributed by atoms with E-state index >= 15 is 0 Å². The molecule has 1 unspecified atom stereocenters. The Balaban J connectivity index is 1.88. The van der Waals surface area contributed by atoms with Gasteiger partial charge in [-0.1, -0.05) is 23.7 Å². The second-order valence-corrected chi connectivity index (χ2v) is 7.64. The van der Waals surface area contributed by atoms with Crippen molar-refractivity contribution in [3.05, 3.63) is 63.8 Å². The summed E-state index contributed by atoms with van der Waals surface area (Å²) in [6.07, 6.45) is 0.451. The summed E-state index contributed by atoms with van der Waals surface area (Å²) in [5, 5.41) is 27.6. The fraction of sp³-hybridized carbons (Fsp3) is 0.273. The van der Waals surface area contributed by atoms with Gasteiger partial charge in [0.2, 0.25) is 0 Å². The minimum atomic E-state index is -0.418. The maximum Gasteiger partial charge on any atom is 0.273 e. The number of fused-ring (bicyclic) bond motifs is 1. The topological polar surface area (TPSA) is 98.7 Å². The van der Waals surface area contributed by atoms with Gasteiger partial charge < -0.3 is 19.8 Å². The number of phenols is 1. The van der Waals surface area contributed by atoms with Crippen LogP contribution in [0.1, 0.15) is 39.6 Å². The van der Waals surface area contributed by atoms with E-state index in [4.69, 9.17) is 16.3 Å². The number of methoxy groups -OCH3 is 1. The van der Waals surface area contributed by atoms with E-state index in [1.165, 1.54) is 0 Å². The summed E-state index contributed by atoms with van der Waals surface area (Å²) >= 11 is 6.30. The van der Waals surface area contributed by atoms with Gasteiger partial charge in [-0.2, -0.15) is 5.10 Å². The van der Waals surface area contributed by atoms with Crippen molar-refractivity contribution in [2.75, 3.05) is 20.3 Å². The second-order valence-electron chi connectivity index (χ2n) is 7.23. The lowest BCUT2D eigenvalue weighted by atomic mass is 9.95. The maximum absolute atomic E-state index is 13.1. The molecule has 1 amide bonds. The number of aryl methyl sites for hydroxylation is 1. The lowest BCUT2D eigenvalue weighted by Crippen LogP contribution is -2.31. The van der Waals surface area contributed by atoms with Crippen LogP contribution in [0.3, 0.4) is 0 Å². The van der Waals surface area contributed by atoms with Crippen LogP contribution in [0.5, 0.6) is 11.5 Å². The molecule has 156 valence electrons. The summed E-state index contributed by atoms with van der Waals surface area (Å²) in [5.74, 6) is 0.553. The highest BCUT2D eigenvalue weighted by molar-refractivity contribution is 6.31. The number of aliphatic hydroxyl groups excluding tert-OH is 1. The molecule has 30 heavy (non-hydrogen) atoms. The molecule has 0 saturated carbocycles. The first kappa shape index (κ1) is 20.3. The zero-order chi connectivity index (χ0) is 21.4. The van der Waals surface area contributed by atoms with E-state index < -0.39 is 6.04 Å². The van der Waals surface area contributed by atoms with Crippen molar-refractivity contribution in [3.63, 3.8) is 0 Å². The number of carbonyl (C=O) groups is 1. The summed E-state index contributed by atoms with van der Waals surface area (Å²) in [5.41, 5.74) is 3.61. The Kier molecular flexibility index (Phi) is 5.40. The molecule has 1 aromatic heterocycles. The van der Waals surface area contributed by atoms with Crippen molar-refractivity contribution in [1.29, 1.82) is 0 Å². The van der Waals surface area contributed by atoms with Gasteiger partial charge in [0.05, 0.1) is 13.2 Å². The fourth-order valence-electron chi connectivity index (χ4n) is 3.86. The number of benzene rings is 2. The zero-order valence-electron chi connectivity index (χ0n) is 16.6. The highest BCUT2D eigenvalue weighted by atomic mass is 35.5. The van der Waals surface area contributed by atoms with Crippen molar-refractivity contribution in [2.45, 2.75) is 19.4 Å². The van der Waals surface area contributed by atoms with Crippen LogP contribution in [0.2, 0.25) is 5.02 Å². The molecule has 1 atom stereocenters.